The molecule has 1 aromatic carbocycles. The fraction of sp³-hybridized carbons (Fsp3) is 0.714. The minimum Gasteiger partial charge on any atom is -0.392 e. The van der Waals surface area contributed by atoms with Gasteiger partial charge in [-0.25, -0.2) is 0 Å². The molecule has 0 fully saturated rings. The van der Waals surface area contributed by atoms with Gasteiger partial charge in [0, 0.05) is 13.1 Å². The Morgan fingerprint density at radius 2 is 1.39 bits per heavy atom. The Morgan fingerprint density at radius 3 is 2.00 bits per heavy atom. The second-order valence-corrected chi connectivity index (χ2v) is 6.74. The Hall–Kier alpha value is -0.860. The predicted octanol–water partition coefficient (Wildman–Crippen LogP) is 5.45. The summed E-state index contributed by atoms with van der Waals surface area (Å²) in [7, 11) is 0. The molecule has 2 N–H and O–H groups in total. The third-order valence-corrected chi connectivity index (χ3v) is 4.44. The highest BCUT2D eigenvalue weighted by Crippen LogP contribution is 2.12. The number of unbranched alkanes of at least 4 members (excludes halogenated alkanes) is 9. The standard InChI is InChI=1S/C21H37NO/c1-2-3-4-5-6-7-8-9-10-14-17-21(23)19-22-18-20-15-12-11-13-16-20/h11-13,15-16,21-23H,2-10,14,17-19H2,1H3/t21-/m1/s1. The van der Waals surface area contributed by atoms with E-state index < -0.39 is 0 Å². The summed E-state index contributed by atoms with van der Waals surface area (Å²) < 4.78 is 0. The number of rotatable bonds is 15. The molecule has 23 heavy (non-hydrogen) atoms. The lowest BCUT2D eigenvalue weighted by Crippen LogP contribution is -2.26. The number of benzene rings is 1. The van der Waals surface area contributed by atoms with Gasteiger partial charge in [0.05, 0.1) is 6.10 Å². The van der Waals surface area contributed by atoms with Crippen LogP contribution in [0.4, 0.5) is 0 Å². The quantitative estimate of drug-likeness (QED) is 0.421. The van der Waals surface area contributed by atoms with Gasteiger partial charge < -0.3 is 10.4 Å². The van der Waals surface area contributed by atoms with Gasteiger partial charge in [-0.2, -0.15) is 0 Å². The molecule has 0 saturated heterocycles. The minimum absolute atomic E-state index is 0.201. The number of hydrogen-bond donors (Lipinski definition) is 2. The van der Waals surface area contributed by atoms with Crippen molar-refractivity contribution in [2.24, 2.45) is 0 Å². The Morgan fingerprint density at radius 1 is 0.826 bits per heavy atom. The number of nitrogens with one attached hydrogen (secondary N) is 1. The highest BCUT2D eigenvalue weighted by molar-refractivity contribution is 5.14. The molecule has 132 valence electrons. The molecule has 0 aliphatic rings. The van der Waals surface area contributed by atoms with E-state index >= 15 is 0 Å². The molecule has 0 aromatic heterocycles. The number of aliphatic hydroxyl groups is 1. The van der Waals surface area contributed by atoms with Crippen molar-refractivity contribution < 1.29 is 5.11 Å². The van der Waals surface area contributed by atoms with Crippen LogP contribution in [-0.2, 0) is 6.54 Å². The SMILES string of the molecule is CCCCCCCCCCCC[C@@H](O)CNCc1ccccc1. The van der Waals surface area contributed by atoms with Crippen molar-refractivity contribution >= 4 is 0 Å². The molecule has 0 unspecified atom stereocenters. The molecule has 1 aromatic rings. The summed E-state index contributed by atoms with van der Waals surface area (Å²) in [4.78, 5) is 0. The van der Waals surface area contributed by atoms with Crippen LogP contribution in [0.1, 0.15) is 83.1 Å². The highest BCUT2D eigenvalue weighted by atomic mass is 16.3. The molecule has 0 aliphatic heterocycles. The third-order valence-electron chi connectivity index (χ3n) is 4.44. The highest BCUT2D eigenvalue weighted by Gasteiger charge is 2.03. The Kier molecular flexibility index (Phi) is 12.9. The summed E-state index contributed by atoms with van der Waals surface area (Å²) in [5.74, 6) is 0. The van der Waals surface area contributed by atoms with E-state index in [0.717, 1.165) is 19.4 Å². The Bertz CT molecular complexity index is 352. The van der Waals surface area contributed by atoms with Crippen molar-refractivity contribution in [2.75, 3.05) is 6.54 Å². The Labute approximate surface area is 143 Å². The van der Waals surface area contributed by atoms with E-state index in [0.29, 0.717) is 6.54 Å². The van der Waals surface area contributed by atoms with Gasteiger partial charge in [-0.05, 0) is 12.0 Å². The van der Waals surface area contributed by atoms with Gasteiger partial charge in [-0.15, -0.1) is 0 Å². The molecule has 1 atom stereocenters. The monoisotopic (exact) mass is 319 g/mol. The van der Waals surface area contributed by atoms with E-state index in [1.165, 1.54) is 63.4 Å². The first-order valence-corrected chi connectivity index (χ1v) is 9.75. The summed E-state index contributed by atoms with van der Waals surface area (Å²) in [6, 6.07) is 10.4. The molecule has 2 nitrogen and oxygen atoms in total. The van der Waals surface area contributed by atoms with E-state index in [4.69, 9.17) is 0 Å². The van der Waals surface area contributed by atoms with Gasteiger partial charge in [0.15, 0.2) is 0 Å². The molecule has 0 aliphatic carbocycles. The van der Waals surface area contributed by atoms with Gasteiger partial charge in [0.25, 0.3) is 0 Å². The van der Waals surface area contributed by atoms with E-state index in [2.05, 4.69) is 36.5 Å². The van der Waals surface area contributed by atoms with E-state index in [1.807, 2.05) is 6.07 Å². The van der Waals surface area contributed by atoms with Crippen molar-refractivity contribution in [3.8, 4) is 0 Å². The summed E-state index contributed by atoms with van der Waals surface area (Å²) in [6.07, 6.45) is 14.2. The first kappa shape index (κ1) is 20.2. The average molecular weight is 320 g/mol. The second kappa shape index (κ2) is 14.7. The van der Waals surface area contributed by atoms with Crippen molar-refractivity contribution in [1.29, 1.82) is 0 Å². The van der Waals surface area contributed by atoms with Crippen LogP contribution in [0, 0.1) is 0 Å². The van der Waals surface area contributed by atoms with Crippen LogP contribution < -0.4 is 5.32 Å². The summed E-state index contributed by atoms with van der Waals surface area (Å²) in [5.41, 5.74) is 1.28. The molecule has 0 bridgehead atoms. The zero-order valence-electron chi connectivity index (χ0n) is 15.1. The second-order valence-electron chi connectivity index (χ2n) is 6.74. The largest absolute Gasteiger partial charge is 0.392 e. The van der Waals surface area contributed by atoms with E-state index in [-0.39, 0.29) is 6.10 Å². The van der Waals surface area contributed by atoms with Gasteiger partial charge in [-0.3, -0.25) is 0 Å². The van der Waals surface area contributed by atoms with Gasteiger partial charge in [0.1, 0.15) is 0 Å². The van der Waals surface area contributed by atoms with Crippen LogP contribution >= 0.6 is 0 Å². The summed E-state index contributed by atoms with van der Waals surface area (Å²) >= 11 is 0. The molecule has 0 amide bonds. The maximum Gasteiger partial charge on any atom is 0.0664 e. The van der Waals surface area contributed by atoms with Crippen LogP contribution in [-0.4, -0.2) is 17.8 Å². The number of aliphatic hydroxyl groups excluding tert-OH is 1. The molecule has 0 spiro atoms. The van der Waals surface area contributed by atoms with Crippen molar-refractivity contribution in [2.45, 2.75) is 90.2 Å². The van der Waals surface area contributed by atoms with E-state index in [9.17, 15) is 5.11 Å². The zero-order chi connectivity index (χ0) is 16.6. The summed E-state index contributed by atoms with van der Waals surface area (Å²) in [6.45, 7) is 3.81. The third kappa shape index (κ3) is 12.3. The van der Waals surface area contributed by atoms with Crippen molar-refractivity contribution in [3.05, 3.63) is 35.9 Å². The number of hydrogen-bond acceptors (Lipinski definition) is 2. The topological polar surface area (TPSA) is 32.3 Å². The lowest BCUT2D eigenvalue weighted by Gasteiger charge is -2.11. The van der Waals surface area contributed by atoms with Gasteiger partial charge in [0.2, 0.25) is 0 Å². The van der Waals surface area contributed by atoms with Crippen molar-refractivity contribution in [1.82, 2.24) is 5.32 Å². The molecule has 0 saturated carbocycles. The molecule has 1 rings (SSSR count). The molecule has 0 heterocycles. The lowest BCUT2D eigenvalue weighted by atomic mass is 10.0. The van der Waals surface area contributed by atoms with Crippen LogP contribution in [0.25, 0.3) is 0 Å². The smallest absolute Gasteiger partial charge is 0.0664 e. The maximum atomic E-state index is 9.99. The minimum atomic E-state index is -0.201. The fourth-order valence-electron chi connectivity index (χ4n) is 2.95. The summed E-state index contributed by atoms with van der Waals surface area (Å²) in [5, 5.41) is 13.3. The van der Waals surface area contributed by atoms with Gasteiger partial charge in [-0.1, -0.05) is 101 Å². The molecular formula is C21H37NO. The predicted molar refractivity (Wildman–Crippen MR) is 101 cm³/mol. The van der Waals surface area contributed by atoms with Crippen LogP contribution in [0.15, 0.2) is 30.3 Å². The van der Waals surface area contributed by atoms with Crippen LogP contribution in [0.2, 0.25) is 0 Å². The lowest BCUT2D eigenvalue weighted by molar-refractivity contribution is 0.157. The molecule has 2 heteroatoms. The van der Waals surface area contributed by atoms with E-state index in [1.54, 1.807) is 0 Å². The van der Waals surface area contributed by atoms with Crippen molar-refractivity contribution in [3.63, 3.8) is 0 Å². The molecule has 0 radical (unpaired) electrons. The first-order chi connectivity index (χ1) is 11.3. The molecular weight excluding hydrogens is 282 g/mol. The average Bonchev–Trinajstić information content (AvgIpc) is 2.57. The first-order valence-electron chi connectivity index (χ1n) is 9.75. The fourth-order valence-corrected chi connectivity index (χ4v) is 2.95. The Balaban J connectivity index is 1.84. The zero-order valence-corrected chi connectivity index (χ0v) is 15.1. The van der Waals surface area contributed by atoms with Gasteiger partial charge >= 0.3 is 0 Å². The maximum absolute atomic E-state index is 9.99. The van der Waals surface area contributed by atoms with Crippen LogP contribution in [0.3, 0.4) is 0 Å². The normalized spacial score (nSPS) is 12.4. The van der Waals surface area contributed by atoms with Crippen LogP contribution in [0.5, 0.6) is 0 Å².